The Balaban J connectivity index is 2.14. The summed E-state index contributed by atoms with van der Waals surface area (Å²) in [6.07, 6.45) is 0. The zero-order valence-corrected chi connectivity index (χ0v) is 12.7. The Morgan fingerprint density at radius 1 is 1.29 bits per heavy atom. The molecule has 0 atom stereocenters. The molecule has 110 valence electrons. The smallest absolute Gasteiger partial charge is 0.338 e. The van der Waals surface area contributed by atoms with Gasteiger partial charge in [0.25, 0.3) is 0 Å². The van der Waals surface area contributed by atoms with Crippen molar-refractivity contribution in [2.45, 2.75) is 13.5 Å². The zero-order chi connectivity index (χ0) is 15.6. The van der Waals surface area contributed by atoms with Crippen LogP contribution in [0.15, 0.2) is 34.8 Å². The molecule has 2 rings (SSSR count). The van der Waals surface area contributed by atoms with Gasteiger partial charge in [0, 0.05) is 16.8 Å². The molecule has 0 amide bonds. The Hall–Kier alpha value is -1.95. The molecule has 0 bridgehead atoms. The summed E-state index contributed by atoms with van der Waals surface area (Å²) in [5, 5.41) is 0. The van der Waals surface area contributed by atoms with E-state index in [1.165, 1.54) is 25.1 Å². The zero-order valence-electron chi connectivity index (χ0n) is 11.1. The van der Waals surface area contributed by atoms with Crippen LogP contribution in [0.5, 0.6) is 0 Å². The molecule has 2 aromatic rings. The van der Waals surface area contributed by atoms with Gasteiger partial charge in [-0.25, -0.2) is 13.6 Å². The topological polar surface area (TPSA) is 52.3 Å². The van der Waals surface area contributed by atoms with Crippen molar-refractivity contribution in [3.05, 3.63) is 63.1 Å². The van der Waals surface area contributed by atoms with Gasteiger partial charge in [0.1, 0.15) is 18.2 Å². The molecular weight excluding hydrogens is 344 g/mol. The third-order valence-corrected chi connectivity index (χ3v) is 3.90. The van der Waals surface area contributed by atoms with Crippen LogP contribution in [0.3, 0.4) is 0 Å². The number of benzene rings is 2. The molecule has 0 spiro atoms. The summed E-state index contributed by atoms with van der Waals surface area (Å²) in [7, 11) is 0. The first-order valence-electron chi connectivity index (χ1n) is 6.05. The number of hydrogen-bond acceptors (Lipinski definition) is 3. The van der Waals surface area contributed by atoms with Gasteiger partial charge in [-0.3, -0.25) is 0 Å². The number of nitrogen functional groups attached to an aromatic ring is 1. The Morgan fingerprint density at radius 2 is 2.00 bits per heavy atom. The van der Waals surface area contributed by atoms with Gasteiger partial charge < -0.3 is 10.5 Å². The largest absolute Gasteiger partial charge is 0.457 e. The average Bonchev–Trinajstić information content (AvgIpc) is 2.45. The minimum atomic E-state index is -0.725. The first-order valence-corrected chi connectivity index (χ1v) is 6.85. The van der Waals surface area contributed by atoms with Crippen molar-refractivity contribution in [3.8, 4) is 0 Å². The highest BCUT2D eigenvalue weighted by molar-refractivity contribution is 9.10. The Bertz CT molecular complexity index is 681. The van der Waals surface area contributed by atoms with Crippen LogP contribution in [0.2, 0.25) is 0 Å². The molecule has 0 radical (unpaired) electrons. The Kier molecular flexibility index (Phi) is 4.57. The van der Waals surface area contributed by atoms with E-state index in [9.17, 15) is 13.6 Å². The van der Waals surface area contributed by atoms with Gasteiger partial charge in [-0.1, -0.05) is 12.1 Å². The Morgan fingerprint density at radius 3 is 2.67 bits per heavy atom. The third-order valence-electron chi connectivity index (χ3n) is 3.01. The average molecular weight is 356 g/mol. The predicted molar refractivity (Wildman–Crippen MR) is 78.8 cm³/mol. The van der Waals surface area contributed by atoms with Crippen LogP contribution >= 0.6 is 15.9 Å². The van der Waals surface area contributed by atoms with Crippen molar-refractivity contribution in [3.63, 3.8) is 0 Å². The fourth-order valence-corrected chi connectivity index (χ4v) is 2.08. The molecule has 0 aliphatic carbocycles. The number of carbonyl (C=O) groups is 1. The van der Waals surface area contributed by atoms with Crippen LogP contribution in [0.4, 0.5) is 14.5 Å². The molecule has 0 aliphatic heterocycles. The van der Waals surface area contributed by atoms with E-state index in [1.807, 2.05) is 0 Å². The quantitative estimate of drug-likeness (QED) is 0.669. The molecule has 2 N–H and O–H groups in total. The summed E-state index contributed by atoms with van der Waals surface area (Å²) in [5.74, 6) is -1.75. The van der Waals surface area contributed by atoms with E-state index in [-0.39, 0.29) is 27.9 Å². The monoisotopic (exact) mass is 355 g/mol. The second kappa shape index (κ2) is 6.22. The van der Waals surface area contributed by atoms with Crippen LogP contribution < -0.4 is 5.73 Å². The number of esters is 1. The number of halogens is 3. The molecule has 6 heteroatoms. The summed E-state index contributed by atoms with van der Waals surface area (Å²) in [5.41, 5.74) is 6.55. The second-order valence-electron chi connectivity index (χ2n) is 4.46. The number of hydrogen-bond donors (Lipinski definition) is 1. The molecule has 0 fully saturated rings. The molecule has 0 aliphatic rings. The van der Waals surface area contributed by atoms with Crippen LogP contribution in [0.25, 0.3) is 0 Å². The number of nitrogens with two attached hydrogens (primary N) is 1. The van der Waals surface area contributed by atoms with Crippen molar-refractivity contribution in [1.82, 2.24) is 0 Å². The lowest BCUT2D eigenvalue weighted by atomic mass is 10.1. The summed E-state index contributed by atoms with van der Waals surface area (Å²) in [6.45, 7) is 1.39. The number of rotatable bonds is 3. The highest BCUT2D eigenvalue weighted by Crippen LogP contribution is 2.22. The van der Waals surface area contributed by atoms with E-state index in [0.29, 0.717) is 5.56 Å². The van der Waals surface area contributed by atoms with E-state index < -0.39 is 17.6 Å². The maximum atomic E-state index is 13.5. The fourth-order valence-electron chi connectivity index (χ4n) is 1.70. The first kappa shape index (κ1) is 15.4. The van der Waals surface area contributed by atoms with E-state index in [2.05, 4.69) is 15.9 Å². The summed E-state index contributed by atoms with van der Waals surface area (Å²) in [4.78, 5) is 11.9. The Labute approximate surface area is 128 Å². The summed E-state index contributed by atoms with van der Waals surface area (Å²) in [6, 6.07) is 6.82. The van der Waals surface area contributed by atoms with Gasteiger partial charge in [0.2, 0.25) is 0 Å². The SMILES string of the molecule is Cc1c(N)cc(C(=O)OCc2cccc(F)c2Br)cc1F. The van der Waals surface area contributed by atoms with Gasteiger partial charge >= 0.3 is 5.97 Å². The molecule has 0 saturated carbocycles. The highest BCUT2D eigenvalue weighted by Gasteiger charge is 2.14. The van der Waals surface area contributed by atoms with Crippen LogP contribution in [-0.4, -0.2) is 5.97 Å². The molecular formula is C15H12BrF2NO2. The van der Waals surface area contributed by atoms with E-state index in [0.717, 1.165) is 6.07 Å². The van der Waals surface area contributed by atoms with Crippen molar-refractivity contribution >= 4 is 27.6 Å². The molecule has 2 aromatic carbocycles. The highest BCUT2D eigenvalue weighted by atomic mass is 79.9. The fraction of sp³-hybridized carbons (Fsp3) is 0.133. The van der Waals surface area contributed by atoms with Gasteiger partial charge in [-0.05, 0) is 41.1 Å². The van der Waals surface area contributed by atoms with Gasteiger partial charge in [-0.2, -0.15) is 0 Å². The lowest BCUT2D eigenvalue weighted by Gasteiger charge is -2.09. The number of ether oxygens (including phenoxy) is 1. The molecule has 0 aromatic heterocycles. The van der Waals surface area contributed by atoms with E-state index in [4.69, 9.17) is 10.5 Å². The molecule has 3 nitrogen and oxygen atoms in total. The lowest BCUT2D eigenvalue weighted by molar-refractivity contribution is 0.0471. The standard InChI is InChI=1S/C15H12BrF2NO2/c1-8-12(18)5-10(6-13(8)19)15(20)21-7-9-3-2-4-11(17)14(9)16/h2-6H,7,19H2,1H3. The lowest BCUT2D eigenvalue weighted by Crippen LogP contribution is -2.08. The van der Waals surface area contributed by atoms with Gasteiger partial charge in [-0.15, -0.1) is 0 Å². The van der Waals surface area contributed by atoms with E-state index in [1.54, 1.807) is 6.07 Å². The minimum absolute atomic E-state index is 0.0168. The van der Waals surface area contributed by atoms with Crippen molar-refractivity contribution in [2.24, 2.45) is 0 Å². The van der Waals surface area contributed by atoms with Crippen molar-refractivity contribution < 1.29 is 18.3 Å². The van der Waals surface area contributed by atoms with Crippen molar-refractivity contribution in [2.75, 3.05) is 5.73 Å². The normalized spacial score (nSPS) is 10.5. The van der Waals surface area contributed by atoms with E-state index >= 15 is 0 Å². The molecule has 0 saturated heterocycles. The molecule has 0 heterocycles. The van der Waals surface area contributed by atoms with Crippen LogP contribution in [0, 0.1) is 18.6 Å². The third kappa shape index (κ3) is 3.39. The number of anilines is 1. The van der Waals surface area contributed by atoms with Crippen LogP contribution in [0.1, 0.15) is 21.5 Å². The minimum Gasteiger partial charge on any atom is -0.457 e. The van der Waals surface area contributed by atoms with Gasteiger partial charge in [0.15, 0.2) is 0 Å². The predicted octanol–water partition coefficient (Wildman–Crippen LogP) is 3.97. The molecule has 21 heavy (non-hydrogen) atoms. The number of carbonyl (C=O) groups excluding carboxylic acids is 1. The maximum Gasteiger partial charge on any atom is 0.338 e. The summed E-state index contributed by atoms with van der Waals surface area (Å²) >= 11 is 3.07. The first-order chi connectivity index (χ1) is 9.90. The molecule has 0 unspecified atom stereocenters. The summed E-state index contributed by atoms with van der Waals surface area (Å²) < 4.78 is 32.1. The second-order valence-corrected chi connectivity index (χ2v) is 5.25. The van der Waals surface area contributed by atoms with Gasteiger partial charge in [0.05, 0.1) is 10.0 Å². The van der Waals surface area contributed by atoms with Crippen LogP contribution in [-0.2, 0) is 11.3 Å². The maximum absolute atomic E-state index is 13.5. The van der Waals surface area contributed by atoms with Crippen molar-refractivity contribution in [1.29, 1.82) is 0 Å².